The quantitative estimate of drug-likeness (QED) is 0.824. The van der Waals surface area contributed by atoms with Gasteiger partial charge in [0, 0.05) is 15.5 Å². The van der Waals surface area contributed by atoms with Gasteiger partial charge < -0.3 is 10.4 Å². The molecular weight excluding hydrogens is 345 g/mol. The van der Waals surface area contributed by atoms with Crippen LogP contribution in [0, 0.1) is 3.57 Å². The predicted molar refractivity (Wildman–Crippen MR) is 75.5 cm³/mol. The fourth-order valence-corrected chi connectivity index (χ4v) is 2.00. The van der Waals surface area contributed by atoms with E-state index in [2.05, 4.69) is 37.9 Å². The number of aromatic carboxylic acids is 1. The third kappa shape index (κ3) is 3.16. The Morgan fingerprint density at radius 3 is 3.00 bits per heavy atom. The number of rotatable bonds is 4. The average Bonchev–Trinajstić information content (AvgIpc) is 2.37. The molecule has 2 rings (SSSR count). The maximum atomic E-state index is 11.0. The van der Waals surface area contributed by atoms with Gasteiger partial charge in [0.25, 0.3) is 0 Å². The number of anilines is 1. The summed E-state index contributed by atoms with van der Waals surface area (Å²) in [5.74, 6) is -1.02. The summed E-state index contributed by atoms with van der Waals surface area (Å²) in [6.45, 7) is 0.351. The van der Waals surface area contributed by atoms with E-state index < -0.39 is 5.97 Å². The second-order valence-corrected chi connectivity index (χ2v) is 4.80. The van der Waals surface area contributed by atoms with Crippen LogP contribution in [0.25, 0.3) is 0 Å². The lowest BCUT2D eigenvalue weighted by Crippen LogP contribution is -2.10. The van der Waals surface area contributed by atoms with Crippen molar-refractivity contribution < 1.29 is 9.90 Å². The van der Waals surface area contributed by atoms with E-state index >= 15 is 0 Å². The van der Waals surface area contributed by atoms with Crippen molar-refractivity contribution in [3.63, 3.8) is 0 Å². The molecule has 0 unspecified atom stereocenters. The summed E-state index contributed by atoms with van der Waals surface area (Å²) >= 11 is 2.22. The molecule has 0 saturated carbocycles. The van der Waals surface area contributed by atoms with Crippen LogP contribution in [0.1, 0.15) is 16.1 Å². The van der Waals surface area contributed by atoms with Crippen molar-refractivity contribution in [3.05, 3.63) is 51.6 Å². The third-order valence-corrected chi connectivity index (χ3v) is 2.98. The molecule has 0 spiro atoms. The Balaban J connectivity index is 2.13. The Morgan fingerprint density at radius 2 is 2.28 bits per heavy atom. The highest BCUT2D eigenvalue weighted by atomic mass is 127. The lowest BCUT2D eigenvalue weighted by atomic mass is 10.2. The maximum absolute atomic E-state index is 11.0. The van der Waals surface area contributed by atoms with E-state index in [1.165, 1.54) is 12.5 Å². The van der Waals surface area contributed by atoms with Crippen molar-refractivity contribution in [2.45, 2.75) is 6.54 Å². The van der Waals surface area contributed by atoms with E-state index in [1.54, 1.807) is 0 Å². The zero-order chi connectivity index (χ0) is 13.0. The number of halogens is 1. The first-order valence-corrected chi connectivity index (χ1v) is 6.26. The minimum atomic E-state index is -1.02. The first-order valence-electron chi connectivity index (χ1n) is 5.18. The van der Waals surface area contributed by atoms with Crippen LogP contribution in [-0.4, -0.2) is 21.0 Å². The SMILES string of the molecule is O=C(O)c1cncnc1CNc1cccc(I)c1. The van der Waals surface area contributed by atoms with E-state index in [9.17, 15) is 4.79 Å². The molecule has 5 nitrogen and oxygen atoms in total. The van der Waals surface area contributed by atoms with E-state index in [4.69, 9.17) is 5.11 Å². The van der Waals surface area contributed by atoms with Gasteiger partial charge >= 0.3 is 5.97 Å². The standard InChI is InChI=1S/C12H10IN3O2/c13-8-2-1-3-9(4-8)15-6-11-10(12(17)18)5-14-7-16-11/h1-5,7,15H,6H2,(H,17,18). The number of aromatic nitrogens is 2. The van der Waals surface area contributed by atoms with Gasteiger partial charge in [-0.2, -0.15) is 0 Å². The monoisotopic (exact) mass is 355 g/mol. The lowest BCUT2D eigenvalue weighted by Gasteiger charge is -2.07. The summed E-state index contributed by atoms with van der Waals surface area (Å²) in [7, 11) is 0. The molecule has 0 bridgehead atoms. The number of hydrogen-bond acceptors (Lipinski definition) is 4. The number of nitrogens with zero attached hydrogens (tertiary/aromatic N) is 2. The molecule has 6 heteroatoms. The van der Waals surface area contributed by atoms with Gasteiger partial charge in [-0.15, -0.1) is 0 Å². The Hall–Kier alpha value is -1.70. The van der Waals surface area contributed by atoms with Crippen LogP contribution in [0.3, 0.4) is 0 Å². The molecule has 0 aliphatic heterocycles. The van der Waals surface area contributed by atoms with E-state index in [1.807, 2.05) is 24.3 Å². The lowest BCUT2D eigenvalue weighted by molar-refractivity contribution is 0.0694. The topological polar surface area (TPSA) is 75.1 Å². The maximum Gasteiger partial charge on any atom is 0.339 e. The molecule has 1 aromatic heterocycles. The van der Waals surface area contributed by atoms with Crippen molar-refractivity contribution in [1.29, 1.82) is 0 Å². The first kappa shape index (κ1) is 12.7. The minimum Gasteiger partial charge on any atom is -0.478 e. The van der Waals surface area contributed by atoms with Gasteiger partial charge in [0.2, 0.25) is 0 Å². The van der Waals surface area contributed by atoms with Crippen molar-refractivity contribution in [2.24, 2.45) is 0 Å². The van der Waals surface area contributed by atoms with Crippen LogP contribution in [0.2, 0.25) is 0 Å². The molecule has 0 radical (unpaired) electrons. The van der Waals surface area contributed by atoms with Crippen molar-refractivity contribution in [2.75, 3.05) is 5.32 Å². The molecule has 18 heavy (non-hydrogen) atoms. The predicted octanol–water partition coefficient (Wildman–Crippen LogP) is 2.39. The van der Waals surface area contributed by atoms with Gasteiger partial charge in [0.15, 0.2) is 0 Å². The largest absolute Gasteiger partial charge is 0.478 e. The van der Waals surface area contributed by atoms with E-state index in [0.717, 1.165) is 9.26 Å². The molecule has 0 saturated heterocycles. The molecule has 92 valence electrons. The van der Waals surface area contributed by atoms with Gasteiger partial charge in [-0.25, -0.2) is 14.8 Å². The van der Waals surface area contributed by atoms with Gasteiger partial charge in [-0.1, -0.05) is 6.07 Å². The fourth-order valence-electron chi connectivity index (χ4n) is 1.46. The third-order valence-electron chi connectivity index (χ3n) is 2.31. The van der Waals surface area contributed by atoms with E-state index in [-0.39, 0.29) is 5.56 Å². The molecule has 2 aromatic rings. The Kier molecular flexibility index (Phi) is 4.08. The molecule has 0 atom stereocenters. The van der Waals surface area contributed by atoms with Gasteiger partial charge in [0.05, 0.1) is 12.2 Å². The summed E-state index contributed by atoms with van der Waals surface area (Å²) in [4.78, 5) is 18.7. The number of carbonyl (C=O) groups is 1. The Bertz CT molecular complexity index is 575. The smallest absolute Gasteiger partial charge is 0.339 e. The Labute approximate surface area is 117 Å². The van der Waals surface area contributed by atoms with Crippen molar-refractivity contribution in [3.8, 4) is 0 Å². The number of carboxylic acids is 1. The zero-order valence-electron chi connectivity index (χ0n) is 9.30. The molecule has 0 aliphatic carbocycles. The van der Waals surface area contributed by atoms with Crippen LogP contribution < -0.4 is 5.32 Å². The first-order chi connectivity index (χ1) is 8.66. The van der Waals surface area contributed by atoms with Crippen LogP contribution >= 0.6 is 22.6 Å². The summed E-state index contributed by atoms with van der Waals surface area (Å²) < 4.78 is 1.11. The summed E-state index contributed by atoms with van der Waals surface area (Å²) in [5.41, 5.74) is 1.52. The minimum absolute atomic E-state index is 0.121. The average molecular weight is 355 g/mol. The summed E-state index contributed by atoms with van der Waals surface area (Å²) in [6, 6.07) is 7.81. The van der Waals surface area contributed by atoms with Gasteiger partial charge in [-0.05, 0) is 40.8 Å². The summed E-state index contributed by atoms with van der Waals surface area (Å²) in [5, 5.41) is 12.1. The van der Waals surface area contributed by atoms with Crippen LogP contribution in [0.4, 0.5) is 5.69 Å². The highest BCUT2D eigenvalue weighted by molar-refractivity contribution is 14.1. The zero-order valence-corrected chi connectivity index (χ0v) is 11.5. The molecule has 0 amide bonds. The summed E-state index contributed by atoms with van der Waals surface area (Å²) in [6.07, 6.45) is 2.65. The molecule has 0 fully saturated rings. The molecular formula is C12H10IN3O2. The Morgan fingerprint density at radius 1 is 1.44 bits per heavy atom. The van der Waals surface area contributed by atoms with E-state index in [0.29, 0.717) is 12.2 Å². The highest BCUT2D eigenvalue weighted by Gasteiger charge is 2.10. The molecule has 1 aromatic carbocycles. The van der Waals surface area contributed by atoms with Gasteiger partial charge in [0.1, 0.15) is 11.9 Å². The highest BCUT2D eigenvalue weighted by Crippen LogP contribution is 2.14. The van der Waals surface area contributed by atoms with Crippen LogP contribution in [0.5, 0.6) is 0 Å². The second-order valence-electron chi connectivity index (χ2n) is 3.55. The van der Waals surface area contributed by atoms with Gasteiger partial charge in [-0.3, -0.25) is 0 Å². The van der Waals surface area contributed by atoms with Crippen molar-refractivity contribution >= 4 is 34.2 Å². The number of nitrogens with one attached hydrogen (secondary N) is 1. The normalized spacial score (nSPS) is 10.1. The van der Waals surface area contributed by atoms with Crippen molar-refractivity contribution in [1.82, 2.24) is 9.97 Å². The fraction of sp³-hybridized carbons (Fsp3) is 0.0833. The molecule has 2 N–H and O–H groups in total. The van der Waals surface area contributed by atoms with Crippen LogP contribution in [-0.2, 0) is 6.54 Å². The molecule has 1 heterocycles. The number of benzene rings is 1. The second kappa shape index (κ2) is 5.76. The number of carboxylic acid groups (broad SMARTS) is 1. The molecule has 0 aliphatic rings. The van der Waals surface area contributed by atoms with Crippen LogP contribution in [0.15, 0.2) is 36.8 Å². The number of hydrogen-bond donors (Lipinski definition) is 2.